The lowest BCUT2D eigenvalue weighted by atomic mass is 9.88. The highest BCUT2D eigenvalue weighted by molar-refractivity contribution is 5.77. The average Bonchev–Trinajstić information content (AvgIpc) is 1.29. The standard InChI is InChI=1S/C62H114N2O21/c1-4-6-8-10-12-14-16-17-18-19-20-21-22-23-24-25-26-27-29-31-33-35-44(69)43(64-49(72)36-34-32-30-28-15-13-11-9-7-5-2)41-80-59-54(76)53(75)56(48(40-67)82-59)83-60-55(77)58(52(74)47(39-66)81-60)85-62(61(78)79)37-45(70)50(63-42(3)68)57(84-62)51(73)46(71)38-65/h33,35,43-48,50-60,65-67,69-71,73-77H,4-32,34,36-41H2,1-3H3,(H,63,68)(H,64,72)(H,78,79)/b35-33+. The molecule has 23 nitrogen and oxygen atoms in total. The summed E-state index contributed by atoms with van der Waals surface area (Å²) in [6.07, 6.45) is 9.98. The van der Waals surface area contributed by atoms with Gasteiger partial charge in [0.25, 0.3) is 5.79 Å². The third-order valence-corrected chi connectivity index (χ3v) is 16.7. The molecule has 3 rings (SSSR count). The molecule has 0 bridgehead atoms. The largest absolute Gasteiger partial charge is 0.477 e. The monoisotopic (exact) mass is 1220 g/mol. The first-order valence-corrected chi connectivity index (χ1v) is 32.6. The Morgan fingerprint density at radius 3 is 1.56 bits per heavy atom. The molecule has 3 aliphatic rings. The fraction of sp³-hybridized carbons (Fsp3) is 0.919. The molecule has 14 N–H and O–H groups in total. The maximum absolute atomic E-state index is 13.3. The predicted molar refractivity (Wildman–Crippen MR) is 315 cm³/mol. The van der Waals surface area contributed by atoms with Crippen LogP contribution in [0.15, 0.2) is 12.2 Å². The molecule has 498 valence electrons. The van der Waals surface area contributed by atoms with Crippen LogP contribution >= 0.6 is 0 Å². The van der Waals surface area contributed by atoms with Gasteiger partial charge in [-0.2, -0.15) is 0 Å². The highest BCUT2D eigenvalue weighted by atomic mass is 16.8. The molecule has 3 saturated heterocycles. The quantitative estimate of drug-likeness (QED) is 0.0298. The number of rotatable bonds is 48. The van der Waals surface area contributed by atoms with E-state index in [-0.39, 0.29) is 12.3 Å². The zero-order chi connectivity index (χ0) is 62.6. The van der Waals surface area contributed by atoms with E-state index in [9.17, 15) is 75.7 Å². The third-order valence-electron chi connectivity index (χ3n) is 16.7. The molecule has 0 radical (unpaired) electrons. The maximum atomic E-state index is 13.3. The van der Waals surface area contributed by atoms with Crippen molar-refractivity contribution in [2.75, 3.05) is 26.4 Å². The van der Waals surface area contributed by atoms with Gasteiger partial charge in [0.05, 0.1) is 50.7 Å². The van der Waals surface area contributed by atoms with Crippen LogP contribution in [0.2, 0.25) is 0 Å². The van der Waals surface area contributed by atoms with Gasteiger partial charge in [0.2, 0.25) is 11.8 Å². The summed E-state index contributed by atoms with van der Waals surface area (Å²) in [5, 5.41) is 136. The molecule has 0 aromatic heterocycles. The van der Waals surface area contributed by atoms with Gasteiger partial charge in [-0.05, 0) is 19.3 Å². The van der Waals surface area contributed by atoms with Gasteiger partial charge in [-0.1, -0.05) is 199 Å². The number of nitrogens with one attached hydrogen (secondary N) is 2. The van der Waals surface area contributed by atoms with Gasteiger partial charge < -0.3 is 100 Å². The van der Waals surface area contributed by atoms with Crippen LogP contribution in [0, 0.1) is 0 Å². The lowest BCUT2D eigenvalue weighted by Gasteiger charge is -2.50. The minimum absolute atomic E-state index is 0.203. The second-order valence-corrected chi connectivity index (χ2v) is 24.0. The first kappa shape index (κ1) is 76.7. The number of amides is 2. The number of aliphatic carboxylic acids is 1. The van der Waals surface area contributed by atoms with E-state index in [2.05, 4.69) is 24.5 Å². The Labute approximate surface area is 505 Å². The van der Waals surface area contributed by atoms with E-state index in [4.69, 9.17) is 28.4 Å². The summed E-state index contributed by atoms with van der Waals surface area (Å²) in [7, 11) is 0. The van der Waals surface area contributed by atoms with Crippen LogP contribution in [-0.4, -0.2) is 215 Å². The van der Waals surface area contributed by atoms with E-state index in [1.165, 1.54) is 135 Å². The summed E-state index contributed by atoms with van der Waals surface area (Å²) in [6.45, 7) is 2.10. The Bertz CT molecular complexity index is 1790. The van der Waals surface area contributed by atoms with Crippen molar-refractivity contribution in [2.24, 2.45) is 0 Å². The fourth-order valence-corrected chi connectivity index (χ4v) is 11.5. The Balaban J connectivity index is 1.61. The molecule has 0 aromatic carbocycles. The molecular formula is C62H114N2O21. The number of unbranched alkanes of at least 4 members (excludes halogenated alkanes) is 28. The number of carbonyl (C=O) groups excluding carboxylic acids is 2. The lowest BCUT2D eigenvalue weighted by Crippen LogP contribution is -2.70. The smallest absolute Gasteiger partial charge is 0.364 e. The van der Waals surface area contributed by atoms with Crippen molar-refractivity contribution in [1.29, 1.82) is 0 Å². The van der Waals surface area contributed by atoms with Crippen molar-refractivity contribution in [3.63, 3.8) is 0 Å². The maximum Gasteiger partial charge on any atom is 0.364 e. The molecule has 3 aliphatic heterocycles. The zero-order valence-electron chi connectivity index (χ0n) is 51.5. The summed E-state index contributed by atoms with van der Waals surface area (Å²) >= 11 is 0. The molecule has 3 heterocycles. The molecular weight excluding hydrogens is 1110 g/mol. The van der Waals surface area contributed by atoms with Crippen molar-refractivity contribution >= 4 is 17.8 Å². The zero-order valence-corrected chi connectivity index (χ0v) is 51.5. The van der Waals surface area contributed by atoms with Gasteiger partial charge in [-0.25, -0.2) is 4.79 Å². The van der Waals surface area contributed by atoms with Gasteiger partial charge in [-0.3, -0.25) is 9.59 Å². The van der Waals surface area contributed by atoms with Crippen LogP contribution in [0.25, 0.3) is 0 Å². The van der Waals surface area contributed by atoms with Gasteiger partial charge in [0, 0.05) is 19.8 Å². The van der Waals surface area contributed by atoms with Gasteiger partial charge in [-0.15, -0.1) is 0 Å². The van der Waals surface area contributed by atoms with Gasteiger partial charge in [0.1, 0.15) is 67.1 Å². The highest BCUT2D eigenvalue weighted by Gasteiger charge is 2.60. The van der Waals surface area contributed by atoms with Crippen LogP contribution in [0.5, 0.6) is 0 Å². The van der Waals surface area contributed by atoms with Crippen LogP contribution in [0.4, 0.5) is 0 Å². The minimum Gasteiger partial charge on any atom is -0.477 e. The summed E-state index contributed by atoms with van der Waals surface area (Å²) in [4.78, 5) is 38.4. The summed E-state index contributed by atoms with van der Waals surface area (Å²) in [5.74, 6) is -6.14. The van der Waals surface area contributed by atoms with Crippen LogP contribution in [0.1, 0.15) is 226 Å². The number of ether oxygens (including phenoxy) is 6. The van der Waals surface area contributed by atoms with E-state index in [0.29, 0.717) is 12.8 Å². The Morgan fingerprint density at radius 1 is 0.612 bits per heavy atom. The molecule has 18 atom stereocenters. The lowest BCUT2D eigenvalue weighted by molar-refractivity contribution is -0.386. The number of aliphatic hydroxyl groups is 11. The molecule has 0 saturated carbocycles. The Kier molecular flexibility index (Phi) is 39.7. The van der Waals surface area contributed by atoms with E-state index in [0.717, 1.165) is 51.9 Å². The fourth-order valence-electron chi connectivity index (χ4n) is 11.5. The Morgan fingerprint density at radius 2 is 1.09 bits per heavy atom. The molecule has 3 fully saturated rings. The van der Waals surface area contributed by atoms with Crippen LogP contribution < -0.4 is 10.6 Å². The van der Waals surface area contributed by atoms with E-state index >= 15 is 0 Å². The van der Waals surface area contributed by atoms with E-state index in [1.807, 2.05) is 6.08 Å². The second kappa shape index (κ2) is 44.0. The first-order valence-electron chi connectivity index (χ1n) is 32.6. The molecule has 0 spiro atoms. The molecule has 18 unspecified atom stereocenters. The SMILES string of the molecule is CCCCCCCCCCCCCCCCCCCCC/C=C/C(O)C(COC1OC(CO)C(OC2OC(CO)C(O)C(OC3(C(=O)O)CC(O)C(NC(C)=O)C(C(O)C(O)CO)O3)C2O)C(O)C1O)NC(=O)CCCCCCCCCCCC. The average molecular weight is 1220 g/mol. The van der Waals surface area contributed by atoms with Crippen molar-refractivity contribution in [3.05, 3.63) is 12.2 Å². The molecule has 23 heteroatoms. The van der Waals surface area contributed by atoms with Gasteiger partial charge in [0.15, 0.2) is 12.6 Å². The van der Waals surface area contributed by atoms with E-state index in [1.54, 1.807) is 6.08 Å². The van der Waals surface area contributed by atoms with Crippen molar-refractivity contribution < 1.29 is 104 Å². The van der Waals surface area contributed by atoms with Crippen molar-refractivity contribution in [2.45, 2.75) is 336 Å². The summed E-state index contributed by atoms with van der Waals surface area (Å²) < 4.78 is 34.7. The number of allylic oxidation sites excluding steroid dienone is 1. The number of hydrogen-bond donors (Lipinski definition) is 14. The summed E-state index contributed by atoms with van der Waals surface area (Å²) in [6, 6.07) is -2.61. The number of hydrogen-bond acceptors (Lipinski definition) is 20. The minimum atomic E-state index is -3.08. The summed E-state index contributed by atoms with van der Waals surface area (Å²) in [5.41, 5.74) is 0. The first-order chi connectivity index (χ1) is 40.9. The molecule has 85 heavy (non-hydrogen) atoms. The van der Waals surface area contributed by atoms with E-state index < -0.39 is 155 Å². The number of carbonyl (C=O) groups is 3. The topological polar surface area (TPSA) is 373 Å². The van der Waals surface area contributed by atoms with Crippen LogP contribution in [0.3, 0.4) is 0 Å². The molecule has 0 aliphatic carbocycles. The molecule has 0 aromatic rings. The predicted octanol–water partition coefficient (Wildman–Crippen LogP) is 4.34. The van der Waals surface area contributed by atoms with Gasteiger partial charge >= 0.3 is 5.97 Å². The van der Waals surface area contributed by atoms with Crippen LogP contribution in [-0.2, 0) is 42.8 Å². The van der Waals surface area contributed by atoms with Crippen molar-refractivity contribution in [3.8, 4) is 0 Å². The third kappa shape index (κ3) is 27.6. The number of carboxylic acids is 1. The molecule has 2 amide bonds. The van der Waals surface area contributed by atoms with Crippen molar-refractivity contribution in [1.82, 2.24) is 10.6 Å². The second-order valence-electron chi connectivity index (χ2n) is 24.0. The normalized spacial score (nSPS) is 29.6. The number of aliphatic hydroxyl groups excluding tert-OH is 11. The highest BCUT2D eigenvalue weighted by Crippen LogP contribution is 2.38. The number of carboxylic acid groups (broad SMARTS) is 1. The Hall–Kier alpha value is -2.53.